The molecule has 142 valence electrons. The Morgan fingerprint density at radius 1 is 1.30 bits per heavy atom. The van der Waals surface area contributed by atoms with Crippen LogP contribution in [0.25, 0.3) is 0 Å². The summed E-state index contributed by atoms with van der Waals surface area (Å²) in [6, 6.07) is 7.86. The summed E-state index contributed by atoms with van der Waals surface area (Å²) in [6.07, 6.45) is 1.07. The second-order valence-corrected chi connectivity index (χ2v) is 6.70. The summed E-state index contributed by atoms with van der Waals surface area (Å²) < 4.78 is 4.94. The van der Waals surface area contributed by atoms with Crippen molar-refractivity contribution in [1.29, 1.82) is 0 Å². The number of nitrogens with zero attached hydrogens (tertiary/aromatic N) is 2. The molecule has 0 spiro atoms. The fourth-order valence-electron chi connectivity index (χ4n) is 2.80. The Bertz CT molecular complexity index is 848. The smallest absolute Gasteiger partial charge is 0.256 e. The number of benzene rings is 1. The van der Waals surface area contributed by atoms with E-state index in [0.717, 1.165) is 24.5 Å². The molecule has 1 aromatic rings. The molecule has 6 nitrogen and oxygen atoms in total. The van der Waals surface area contributed by atoms with Crippen molar-refractivity contribution in [2.45, 2.75) is 26.9 Å². The fraction of sp³-hybridized carbons (Fsp3) is 0.350. The molecule has 1 aliphatic heterocycles. The zero-order chi connectivity index (χ0) is 19.6. The third-order valence-electron chi connectivity index (χ3n) is 4.55. The molecule has 1 atom stereocenters. The van der Waals surface area contributed by atoms with Gasteiger partial charge in [-0.15, -0.1) is 0 Å². The molecule has 1 aromatic carbocycles. The lowest BCUT2D eigenvalue weighted by molar-refractivity contribution is -0.123. The van der Waals surface area contributed by atoms with Gasteiger partial charge in [-0.1, -0.05) is 11.6 Å². The molecule has 27 heavy (non-hydrogen) atoms. The highest BCUT2D eigenvalue weighted by molar-refractivity contribution is 6.49. The quantitative estimate of drug-likeness (QED) is 0.601. The molecule has 0 radical (unpaired) electrons. The number of rotatable bonds is 6. The molecule has 1 unspecified atom stereocenters. The summed E-state index contributed by atoms with van der Waals surface area (Å²) in [5.41, 5.74) is 3.11. The van der Waals surface area contributed by atoms with Crippen molar-refractivity contribution in [2.24, 2.45) is 4.99 Å². The lowest BCUT2D eigenvalue weighted by Gasteiger charge is -2.21. The predicted octanol–water partition coefficient (Wildman–Crippen LogP) is 3.10. The van der Waals surface area contributed by atoms with E-state index in [1.807, 2.05) is 24.3 Å². The van der Waals surface area contributed by atoms with E-state index in [0.29, 0.717) is 17.9 Å². The lowest BCUT2D eigenvalue weighted by atomic mass is 10.0. The van der Waals surface area contributed by atoms with E-state index < -0.39 is 11.9 Å². The minimum Gasteiger partial charge on any atom is -0.372 e. The molecule has 0 bridgehead atoms. The highest BCUT2D eigenvalue weighted by Crippen LogP contribution is 2.26. The van der Waals surface area contributed by atoms with E-state index in [1.54, 1.807) is 13.0 Å². The van der Waals surface area contributed by atoms with Crippen LogP contribution >= 0.6 is 11.6 Å². The zero-order valence-corrected chi connectivity index (χ0v) is 16.3. The second-order valence-electron chi connectivity index (χ2n) is 6.32. The van der Waals surface area contributed by atoms with Crippen LogP contribution in [0.4, 0.5) is 11.4 Å². The van der Waals surface area contributed by atoms with Crippen molar-refractivity contribution >= 4 is 40.4 Å². The molecule has 1 amide bonds. The van der Waals surface area contributed by atoms with Gasteiger partial charge in [-0.3, -0.25) is 9.59 Å². The molecule has 0 aromatic heterocycles. The van der Waals surface area contributed by atoms with Crippen LogP contribution in [-0.2, 0) is 14.3 Å². The first-order chi connectivity index (χ1) is 12.9. The monoisotopic (exact) mass is 387 g/mol. The molecule has 2 aliphatic rings. The van der Waals surface area contributed by atoms with E-state index >= 15 is 0 Å². The molecular weight excluding hydrogens is 366 g/mol. The van der Waals surface area contributed by atoms with Crippen molar-refractivity contribution in [3.63, 3.8) is 0 Å². The molecule has 1 N–H and O–H groups in total. The van der Waals surface area contributed by atoms with Gasteiger partial charge in [-0.2, -0.15) is 0 Å². The number of Topliss-reactive ketones (excluding diaryl/α,β-unsaturated/α-hetero) is 1. The fourth-order valence-corrected chi connectivity index (χ4v) is 3.00. The lowest BCUT2D eigenvalue weighted by Crippen LogP contribution is -2.33. The third-order valence-corrected chi connectivity index (χ3v) is 5.01. The number of aliphatic imine (C=N–C) groups is 1. The van der Waals surface area contributed by atoms with E-state index in [1.165, 1.54) is 0 Å². The highest BCUT2D eigenvalue weighted by atomic mass is 35.5. The van der Waals surface area contributed by atoms with Crippen LogP contribution < -0.4 is 10.2 Å². The van der Waals surface area contributed by atoms with Crippen LogP contribution in [0.5, 0.6) is 0 Å². The maximum atomic E-state index is 12.3. The average Bonchev–Trinajstić information content (AvgIpc) is 3.51. The largest absolute Gasteiger partial charge is 0.372 e. The summed E-state index contributed by atoms with van der Waals surface area (Å²) in [5.74, 6) is -0.763. The number of hydrogen-bond acceptors (Lipinski definition) is 5. The van der Waals surface area contributed by atoms with Gasteiger partial charge in [0.05, 0.1) is 28.7 Å². The van der Waals surface area contributed by atoms with Crippen LogP contribution in [0.1, 0.15) is 20.8 Å². The Labute approximate surface area is 163 Å². The summed E-state index contributed by atoms with van der Waals surface area (Å²) >= 11 is 6.18. The van der Waals surface area contributed by atoms with Crippen molar-refractivity contribution in [3.05, 3.63) is 46.6 Å². The minimum absolute atomic E-state index is 0.0584. The summed E-state index contributed by atoms with van der Waals surface area (Å²) in [7, 11) is 0. The normalized spacial score (nSPS) is 20.6. The molecule has 0 saturated carbocycles. The Morgan fingerprint density at radius 3 is 2.48 bits per heavy atom. The Kier molecular flexibility index (Phi) is 5.77. The number of halogens is 1. The number of carbonyl (C=O) groups is 2. The van der Waals surface area contributed by atoms with Gasteiger partial charge in [-0.05, 0) is 56.7 Å². The van der Waals surface area contributed by atoms with Crippen molar-refractivity contribution in [1.82, 2.24) is 5.32 Å². The van der Waals surface area contributed by atoms with Crippen LogP contribution in [0.2, 0.25) is 0 Å². The van der Waals surface area contributed by atoms with E-state index in [-0.39, 0.29) is 16.6 Å². The molecule has 1 heterocycles. The molecule has 1 saturated heterocycles. The van der Waals surface area contributed by atoms with Crippen LogP contribution in [0.3, 0.4) is 0 Å². The van der Waals surface area contributed by atoms with Gasteiger partial charge in [-0.25, -0.2) is 4.99 Å². The zero-order valence-electron chi connectivity index (χ0n) is 15.6. The van der Waals surface area contributed by atoms with E-state index in [4.69, 9.17) is 16.3 Å². The summed E-state index contributed by atoms with van der Waals surface area (Å²) in [4.78, 5) is 31.1. The number of carbonyl (C=O) groups excluding carboxylic acids is 2. The van der Waals surface area contributed by atoms with Crippen LogP contribution in [-0.4, -0.2) is 43.2 Å². The van der Waals surface area contributed by atoms with E-state index in [2.05, 4.69) is 29.1 Å². The number of epoxide rings is 1. The molecule has 3 rings (SSSR count). The molecule has 1 fully saturated rings. The van der Waals surface area contributed by atoms with Crippen molar-refractivity contribution in [3.8, 4) is 0 Å². The maximum absolute atomic E-state index is 12.3. The number of allylic oxidation sites excluding steroid dienone is 3. The first-order valence-corrected chi connectivity index (χ1v) is 9.31. The van der Waals surface area contributed by atoms with Gasteiger partial charge in [0.1, 0.15) is 0 Å². The number of ketones is 1. The van der Waals surface area contributed by atoms with Gasteiger partial charge >= 0.3 is 0 Å². The standard InChI is InChI=1S/C20H22ClN3O3/c1-4-24(5-2)14-8-6-13(7-9-14)22-15-10-16(19(25)18(21)12(15)3)23-20(26)17-11-27-17/h6-10,17H,4-5,11H2,1-3H3,(H,23,26). The number of ether oxygens (including phenoxy) is 1. The SMILES string of the molecule is CCN(CC)c1ccc(N=C2C=C(NC(=O)C3CO3)C(=O)C(Cl)=C2C)cc1. The number of nitrogens with one attached hydrogen (secondary N) is 1. The number of hydrogen-bond donors (Lipinski definition) is 1. The summed E-state index contributed by atoms with van der Waals surface area (Å²) in [6.45, 7) is 8.19. The van der Waals surface area contributed by atoms with Crippen molar-refractivity contribution in [2.75, 3.05) is 24.6 Å². The van der Waals surface area contributed by atoms with Crippen LogP contribution in [0, 0.1) is 0 Å². The van der Waals surface area contributed by atoms with Gasteiger partial charge in [0.2, 0.25) is 5.78 Å². The molecule has 7 heteroatoms. The number of anilines is 1. The molecular formula is C20H22ClN3O3. The maximum Gasteiger partial charge on any atom is 0.256 e. The highest BCUT2D eigenvalue weighted by Gasteiger charge is 2.34. The Morgan fingerprint density at radius 2 is 1.93 bits per heavy atom. The van der Waals surface area contributed by atoms with Gasteiger partial charge in [0, 0.05) is 18.8 Å². The van der Waals surface area contributed by atoms with Gasteiger partial charge in [0.15, 0.2) is 6.10 Å². The first kappa shape index (κ1) is 19.3. The third kappa shape index (κ3) is 4.28. The second kappa shape index (κ2) is 8.06. The van der Waals surface area contributed by atoms with E-state index in [9.17, 15) is 9.59 Å². The minimum atomic E-state index is -0.488. The topological polar surface area (TPSA) is 74.3 Å². The molecule has 1 aliphatic carbocycles. The Balaban J connectivity index is 1.87. The Hall–Kier alpha value is -2.44. The first-order valence-electron chi connectivity index (χ1n) is 8.93. The van der Waals surface area contributed by atoms with Gasteiger partial charge in [0.25, 0.3) is 5.91 Å². The summed E-state index contributed by atoms with van der Waals surface area (Å²) in [5, 5.41) is 2.64. The predicted molar refractivity (Wildman–Crippen MR) is 107 cm³/mol. The number of amides is 1. The van der Waals surface area contributed by atoms with Gasteiger partial charge < -0.3 is 15.0 Å². The van der Waals surface area contributed by atoms with Crippen molar-refractivity contribution < 1.29 is 14.3 Å². The average molecular weight is 388 g/mol. The van der Waals surface area contributed by atoms with Crippen LogP contribution in [0.15, 0.2) is 51.6 Å².